The van der Waals surface area contributed by atoms with Crippen LogP contribution in [0.2, 0.25) is 0 Å². The molecule has 0 aromatic heterocycles. The van der Waals surface area contributed by atoms with Crippen LogP contribution in [0.3, 0.4) is 0 Å². The van der Waals surface area contributed by atoms with Crippen molar-refractivity contribution in [1.29, 1.82) is 0 Å². The standard InChI is InChI=1S/C13H10O5/c14-12(15)11(13(16)17)18-10-6-5-8-3-1-2-4-9(8)7-10/h1-7,11H,(H,14,15)(H,16,17). The molecular formula is C13H10O5. The Bertz CT molecular complexity index is 591. The molecule has 0 spiro atoms. The summed E-state index contributed by atoms with van der Waals surface area (Å²) in [6, 6.07) is 12.3. The summed E-state index contributed by atoms with van der Waals surface area (Å²) in [5.74, 6) is -2.85. The van der Waals surface area contributed by atoms with Gasteiger partial charge in [-0.1, -0.05) is 30.3 Å². The SMILES string of the molecule is O=C(O)C(Oc1ccc2ccccc2c1)C(=O)O. The van der Waals surface area contributed by atoms with Gasteiger partial charge in [0.2, 0.25) is 0 Å². The maximum atomic E-state index is 10.7. The zero-order valence-corrected chi connectivity index (χ0v) is 9.24. The number of ether oxygens (including phenoxy) is 1. The smallest absolute Gasteiger partial charge is 0.356 e. The monoisotopic (exact) mass is 246 g/mol. The first-order valence-electron chi connectivity index (χ1n) is 5.19. The highest BCUT2D eigenvalue weighted by Crippen LogP contribution is 2.21. The van der Waals surface area contributed by atoms with E-state index < -0.39 is 18.0 Å². The lowest BCUT2D eigenvalue weighted by Crippen LogP contribution is -2.35. The Morgan fingerprint density at radius 1 is 0.944 bits per heavy atom. The number of rotatable bonds is 4. The summed E-state index contributed by atoms with van der Waals surface area (Å²) in [4.78, 5) is 21.4. The second-order valence-electron chi connectivity index (χ2n) is 3.68. The number of benzene rings is 2. The van der Waals surface area contributed by atoms with Crippen LogP contribution < -0.4 is 4.74 Å². The van der Waals surface area contributed by atoms with Gasteiger partial charge in [0, 0.05) is 0 Å². The number of carboxylic acid groups (broad SMARTS) is 2. The molecule has 0 atom stereocenters. The van der Waals surface area contributed by atoms with E-state index in [1.165, 1.54) is 0 Å². The molecule has 18 heavy (non-hydrogen) atoms. The molecule has 2 rings (SSSR count). The molecule has 5 heteroatoms. The van der Waals surface area contributed by atoms with Gasteiger partial charge in [-0.05, 0) is 22.9 Å². The third-order valence-electron chi connectivity index (χ3n) is 2.42. The van der Waals surface area contributed by atoms with Gasteiger partial charge in [0.05, 0.1) is 0 Å². The summed E-state index contributed by atoms with van der Waals surface area (Å²) >= 11 is 0. The van der Waals surface area contributed by atoms with Crippen molar-refractivity contribution >= 4 is 22.7 Å². The van der Waals surface area contributed by atoms with Gasteiger partial charge in [0.15, 0.2) is 0 Å². The van der Waals surface area contributed by atoms with Gasteiger partial charge >= 0.3 is 11.9 Å². The molecular weight excluding hydrogens is 236 g/mol. The largest absolute Gasteiger partial charge is 0.478 e. The summed E-state index contributed by atoms with van der Waals surface area (Å²) in [5, 5.41) is 19.2. The third-order valence-corrected chi connectivity index (χ3v) is 2.42. The first-order valence-corrected chi connectivity index (χ1v) is 5.19. The summed E-state index contributed by atoms with van der Waals surface area (Å²) in [7, 11) is 0. The van der Waals surface area contributed by atoms with Crippen molar-refractivity contribution in [3.63, 3.8) is 0 Å². The van der Waals surface area contributed by atoms with Gasteiger partial charge in [-0.15, -0.1) is 0 Å². The summed E-state index contributed by atoms with van der Waals surface area (Å²) in [6.45, 7) is 0. The molecule has 2 N–H and O–H groups in total. The number of hydrogen-bond acceptors (Lipinski definition) is 3. The molecule has 0 aliphatic carbocycles. The average Bonchev–Trinajstić information content (AvgIpc) is 2.35. The van der Waals surface area contributed by atoms with Crippen LogP contribution in [0.15, 0.2) is 42.5 Å². The maximum absolute atomic E-state index is 10.7. The topological polar surface area (TPSA) is 83.8 Å². The van der Waals surface area contributed by atoms with E-state index in [1.54, 1.807) is 18.2 Å². The Morgan fingerprint density at radius 3 is 2.17 bits per heavy atom. The maximum Gasteiger partial charge on any atom is 0.356 e. The van der Waals surface area contributed by atoms with E-state index in [2.05, 4.69) is 0 Å². The van der Waals surface area contributed by atoms with E-state index in [0.717, 1.165) is 10.8 Å². The van der Waals surface area contributed by atoms with Crippen LogP contribution >= 0.6 is 0 Å². The summed E-state index contributed by atoms with van der Waals surface area (Å²) < 4.78 is 4.95. The van der Waals surface area contributed by atoms with Crippen molar-refractivity contribution in [2.45, 2.75) is 6.10 Å². The first-order chi connectivity index (χ1) is 8.58. The van der Waals surface area contributed by atoms with Gasteiger partial charge in [-0.3, -0.25) is 0 Å². The first kappa shape index (κ1) is 11.9. The zero-order valence-electron chi connectivity index (χ0n) is 9.24. The molecule has 0 amide bonds. The Kier molecular flexibility index (Phi) is 3.14. The molecule has 92 valence electrons. The van der Waals surface area contributed by atoms with E-state index in [1.807, 2.05) is 24.3 Å². The van der Waals surface area contributed by atoms with Crippen LogP contribution in [0.5, 0.6) is 5.75 Å². The molecule has 0 saturated carbocycles. The van der Waals surface area contributed by atoms with Crippen molar-refractivity contribution in [2.24, 2.45) is 0 Å². The lowest BCUT2D eigenvalue weighted by Gasteiger charge is -2.11. The third kappa shape index (κ3) is 2.40. The van der Waals surface area contributed by atoms with E-state index in [9.17, 15) is 9.59 Å². The van der Waals surface area contributed by atoms with Gasteiger partial charge < -0.3 is 14.9 Å². The minimum atomic E-state index is -1.90. The van der Waals surface area contributed by atoms with Gasteiger partial charge in [-0.25, -0.2) is 9.59 Å². The minimum Gasteiger partial charge on any atom is -0.478 e. The number of hydrogen-bond donors (Lipinski definition) is 2. The summed E-state index contributed by atoms with van der Waals surface area (Å²) in [6.07, 6.45) is -1.90. The van der Waals surface area contributed by atoms with Crippen molar-refractivity contribution in [1.82, 2.24) is 0 Å². The van der Waals surface area contributed by atoms with Crippen LogP contribution in [0.1, 0.15) is 0 Å². The fraction of sp³-hybridized carbons (Fsp3) is 0.0769. The fourth-order valence-electron chi connectivity index (χ4n) is 1.58. The van der Waals surface area contributed by atoms with E-state index in [-0.39, 0.29) is 5.75 Å². The van der Waals surface area contributed by atoms with Crippen molar-refractivity contribution < 1.29 is 24.5 Å². The molecule has 0 bridgehead atoms. The second-order valence-corrected chi connectivity index (χ2v) is 3.68. The fourth-order valence-corrected chi connectivity index (χ4v) is 1.58. The number of carbonyl (C=O) groups is 2. The van der Waals surface area contributed by atoms with Crippen LogP contribution in [0.4, 0.5) is 0 Å². The molecule has 0 aliphatic rings. The quantitative estimate of drug-likeness (QED) is 0.803. The van der Waals surface area contributed by atoms with Crippen molar-refractivity contribution in [3.8, 4) is 5.75 Å². The Morgan fingerprint density at radius 2 is 1.56 bits per heavy atom. The molecule has 0 fully saturated rings. The van der Waals surface area contributed by atoms with E-state index >= 15 is 0 Å². The molecule has 5 nitrogen and oxygen atoms in total. The van der Waals surface area contributed by atoms with Crippen molar-refractivity contribution in [3.05, 3.63) is 42.5 Å². The highest BCUT2D eigenvalue weighted by Gasteiger charge is 2.27. The zero-order chi connectivity index (χ0) is 13.1. The molecule has 0 saturated heterocycles. The van der Waals surface area contributed by atoms with Gasteiger partial charge in [0.25, 0.3) is 6.10 Å². The van der Waals surface area contributed by atoms with E-state index in [0.29, 0.717) is 0 Å². The predicted molar refractivity (Wildman–Crippen MR) is 63.6 cm³/mol. The molecule has 2 aromatic rings. The van der Waals surface area contributed by atoms with Crippen LogP contribution in [-0.2, 0) is 9.59 Å². The van der Waals surface area contributed by atoms with Gasteiger partial charge in [-0.2, -0.15) is 0 Å². The molecule has 0 heterocycles. The predicted octanol–water partition coefficient (Wildman–Crippen LogP) is 1.76. The highest BCUT2D eigenvalue weighted by atomic mass is 16.5. The minimum absolute atomic E-state index is 0.212. The Labute approximate surface area is 102 Å². The van der Waals surface area contributed by atoms with Crippen LogP contribution in [0.25, 0.3) is 10.8 Å². The van der Waals surface area contributed by atoms with Gasteiger partial charge in [0.1, 0.15) is 5.75 Å². The highest BCUT2D eigenvalue weighted by molar-refractivity contribution is 5.96. The molecule has 0 unspecified atom stereocenters. The second kappa shape index (κ2) is 4.75. The Balaban J connectivity index is 2.31. The Hall–Kier alpha value is -2.56. The van der Waals surface area contributed by atoms with E-state index in [4.69, 9.17) is 14.9 Å². The lowest BCUT2D eigenvalue weighted by atomic mass is 10.1. The molecule has 0 radical (unpaired) electrons. The number of aliphatic carboxylic acids is 2. The number of fused-ring (bicyclic) bond motifs is 1. The van der Waals surface area contributed by atoms with Crippen LogP contribution in [-0.4, -0.2) is 28.3 Å². The summed E-state index contributed by atoms with van der Waals surface area (Å²) in [5.41, 5.74) is 0. The van der Waals surface area contributed by atoms with Crippen molar-refractivity contribution in [2.75, 3.05) is 0 Å². The normalized spacial score (nSPS) is 10.5. The van der Waals surface area contributed by atoms with Crippen LogP contribution in [0, 0.1) is 0 Å². The number of carboxylic acids is 2. The lowest BCUT2D eigenvalue weighted by molar-refractivity contribution is -0.159. The molecule has 0 aliphatic heterocycles. The molecule has 2 aromatic carbocycles. The average molecular weight is 246 g/mol.